The van der Waals surface area contributed by atoms with Crippen molar-refractivity contribution in [3.05, 3.63) is 24.2 Å². The van der Waals surface area contributed by atoms with Crippen LogP contribution in [0.5, 0.6) is 0 Å². The Labute approximate surface area is 89.6 Å². The molecule has 1 aromatic rings. The van der Waals surface area contributed by atoms with Crippen molar-refractivity contribution in [1.29, 1.82) is 0 Å². The number of methoxy groups -OCH3 is 1. The molecular weight excluding hydrogens is 194 g/mol. The number of carbonyl (C=O) groups is 1. The van der Waals surface area contributed by atoms with Crippen molar-refractivity contribution in [1.82, 2.24) is 5.32 Å². The largest absolute Gasteiger partial charge is 0.467 e. The fourth-order valence-electron chi connectivity index (χ4n) is 1.07. The molecule has 1 amide bonds. The first kappa shape index (κ1) is 11.8. The average molecular weight is 211 g/mol. The van der Waals surface area contributed by atoms with Crippen molar-refractivity contribution in [2.75, 3.05) is 7.11 Å². The van der Waals surface area contributed by atoms with Gasteiger partial charge in [-0.1, -0.05) is 0 Å². The molecule has 84 valence electrons. The Kier molecular flexibility index (Phi) is 3.52. The van der Waals surface area contributed by atoms with Crippen LogP contribution in [-0.4, -0.2) is 18.6 Å². The van der Waals surface area contributed by atoms with E-state index in [0.717, 1.165) is 5.76 Å². The highest BCUT2D eigenvalue weighted by atomic mass is 16.5. The van der Waals surface area contributed by atoms with Crippen LogP contribution >= 0.6 is 0 Å². The van der Waals surface area contributed by atoms with Gasteiger partial charge in [0, 0.05) is 7.11 Å². The van der Waals surface area contributed by atoms with Gasteiger partial charge in [-0.2, -0.15) is 0 Å². The van der Waals surface area contributed by atoms with E-state index in [9.17, 15) is 4.79 Å². The summed E-state index contributed by atoms with van der Waals surface area (Å²) < 4.78 is 10.3. The van der Waals surface area contributed by atoms with E-state index in [4.69, 9.17) is 9.15 Å². The Bertz CT molecular complexity index is 317. The Morgan fingerprint density at radius 3 is 2.73 bits per heavy atom. The van der Waals surface area contributed by atoms with Gasteiger partial charge in [0.2, 0.25) is 0 Å². The molecule has 0 aromatic carbocycles. The van der Waals surface area contributed by atoms with Gasteiger partial charge in [0.05, 0.1) is 12.3 Å². The van der Waals surface area contributed by atoms with Gasteiger partial charge in [-0.05, 0) is 32.9 Å². The summed E-state index contributed by atoms with van der Waals surface area (Å²) in [5.74, 6) is 0.573. The van der Waals surface area contributed by atoms with E-state index in [1.165, 1.54) is 7.11 Å². The van der Waals surface area contributed by atoms with Crippen molar-refractivity contribution in [3.8, 4) is 0 Å². The third kappa shape index (κ3) is 2.83. The number of ether oxygens (including phenoxy) is 1. The highest BCUT2D eigenvalue weighted by Crippen LogP contribution is 2.15. The summed E-state index contributed by atoms with van der Waals surface area (Å²) in [6, 6.07) is 3.46. The van der Waals surface area contributed by atoms with Crippen LogP contribution in [-0.2, 0) is 9.53 Å². The van der Waals surface area contributed by atoms with Crippen LogP contribution in [0.15, 0.2) is 22.8 Å². The van der Waals surface area contributed by atoms with E-state index in [-0.39, 0.29) is 11.9 Å². The van der Waals surface area contributed by atoms with E-state index in [2.05, 4.69) is 5.32 Å². The van der Waals surface area contributed by atoms with E-state index in [0.29, 0.717) is 0 Å². The highest BCUT2D eigenvalue weighted by molar-refractivity contribution is 5.84. The summed E-state index contributed by atoms with van der Waals surface area (Å²) in [4.78, 5) is 11.7. The fourth-order valence-corrected chi connectivity index (χ4v) is 1.07. The smallest absolute Gasteiger partial charge is 0.252 e. The zero-order valence-electron chi connectivity index (χ0n) is 9.53. The Morgan fingerprint density at radius 1 is 1.60 bits per heavy atom. The lowest BCUT2D eigenvalue weighted by atomic mass is 10.1. The molecule has 1 atom stereocenters. The lowest BCUT2D eigenvalue weighted by Gasteiger charge is -2.23. The predicted octanol–water partition coefficient (Wildman–Crippen LogP) is 1.88. The number of hydrogen-bond acceptors (Lipinski definition) is 3. The third-order valence-corrected chi connectivity index (χ3v) is 2.37. The van der Waals surface area contributed by atoms with E-state index in [1.54, 1.807) is 26.2 Å². The maximum absolute atomic E-state index is 11.7. The lowest BCUT2D eigenvalue weighted by molar-refractivity contribution is -0.140. The summed E-state index contributed by atoms with van der Waals surface area (Å²) >= 11 is 0. The minimum absolute atomic E-state index is 0.151. The van der Waals surface area contributed by atoms with E-state index < -0.39 is 5.60 Å². The maximum Gasteiger partial charge on any atom is 0.252 e. The van der Waals surface area contributed by atoms with Crippen LogP contribution in [0.1, 0.15) is 32.6 Å². The molecule has 0 saturated carbocycles. The summed E-state index contributed by atoms with van der Waals surface area (Å²) in [6.07, 6.45) is 1.58. The highest BCUT2D eigenvalue weighted by Gasteiger charge is 2.28. The summed E-state index contributed by atoms with van der Waals surface area (Å²) in [6.45, 7) is 5.30. The molecule has 0 radical (unpaired) electrons. The van der Waals surface area contributed by atoms with Gasteiger partial charge in [0.25, 0.3) is 5.91 Å². The standard InChI is InChI=1S/C11H17NO3/c1-8(9-6-5-7-15-9)12-10(13)11(2,3)14-4/h5-8H,1-4H3,(H,12,13)/t8-/m0/s1. The van der Waals surface area contributed by atoms with Gasteiger partial charge in [-0.3, -0.25) is 4.79 Å². The normalized spacial score (nSPS) is 13.6. The van der Waals surface area contributed by atoms with Crippen LogP contribution < -0.4 is 5.32 Å². The van der Waals surface area contributed by atoms with Crippen LogP contribution in [0.25, 0.3) is 0 Å². The molecule has 1 N–H and O–H groups in total. The molecule has 0 aliphatic heterocycles. The van der Waals surface area contributed by atoms with Crippen molar-refractivity contribution in [3.63, 3.8) is 0 Å². The minimum Gasteiger partial charge on any atom is -0.467 e. The first-order valence-electron chi connectivity index (χ1n) is 4.87. The van der Waals surface area contributed by atoms with Gasteiger partial charge >= 0.3 is 0 Å². The van der Waals surface area contributed by atoms with Crippen LogP contribution in [0.4, 0.5) is 0 Å². The lowest BCUT2D eigenvalue weighted by Crippen LogP contribution is -2.44. The molecule has 1 aromatic heterocycles. The second-order valence-corrected chi connectivity index (χ2v) is 3.93. The zero-order chi connectivity index (χ0) is 11.5. The van der Waals surface area contributed by atoms with Gasteiger partial charge < -0.3 is 14.5 Å². The minimum atomic E-state index is -0.819. The Morgan fingerprint density at radius 2 is 2.27 bits per heavy atom. The van der Waals surface area contributed by atoms with E-state index >= 15 is 0 Å². The molecule has 0 unspecified atom stereocenters. The fraction of sp³-hybridized carbons (Fsp3) is 0.545. The van der Waals surface area contributed by atoms with Gasteiger partial charge in [0.1, 0.15) is 11.4 Å². The first-order chi connectivity index (χ1) is 6.97. The molecule has 0 spiro atoms. The molecule has 0 aliphatic rings. The molecule has 0 bridgehead atoms. The molecule has 0 saturated heterocycles. The van der Waals surface area contributed by atoms with E-state index in [1.807, 2.05) is 13.0 Å². The monoisotopic (exact) mass is 211 g/mol. The topological polar surface area (TPSA) is 51.5 Å². The number of amides is 1. The maximum atomic E-state index is 11.7. The van der Waals surface area contributed by atoms with Gasteiger partial charge in [-0.25, -0.2) is 0 Å². The summed E-state index contributed by atoms with van der Waals surface area (Å²) in [5.41, 5.74) is -0.819. The van der Waals surface area contributed by atoms with Crippen molar-refractivity contribution < 1.29 is 13.9 Å². The second-order valence-electron chi connectivity index (χ2n) is 3.93. The number of rotatable bonds is 4. The third-order valence-electron chi connectivity index (χ3n) is 2.37. The quantitative estimate of drug-likeness (QED) is 0.827. The molecule has 0 fully saturated rings. The average Bonchev–Trinajstić information content (AvgIpc) is 2.70. The predicted molar refractivity (Wildman–Crippen MR) is 56.4 cm³/mol. The Hall–Kier alpha value is -1.29. The molecule has 1 rings (SSSR count). The van der Waals surface area contributed by atoms with Crippen molar-refractivity contribution in [2.45, 2.75) is 32.4 Å². The summed E-state index contributed by atoms with van der Waals surface area (Å²) in [5, 5.41) is 2.82. The van der Waals surface area contributed by atoms with Crippen LogP contribution in [0.2, 0.25) is 0 Å². The molecule has 15 heavy (non-hydrogen) atoms. The van der Waals surface area contributed by atoms with Gasteiger partial charge in [-0.15, -0.1) is 0 Å². The van der Waals surface area contributed by atoms with Crippen LogP contribution in [0, 0.1) is 0 Å². The SMILES string of the molecule is COC(C)(C)C(=O)N[C@@H](C)c1ccco1. The van der Waals surface area contributed by atoms with Gasteiger partial charge in [0.15, 0.2) is 0 Å². The Balaban J connectivity index is 2.60. The second kappa shape index (κ2) is 4.49. The van der Waals surface area contributed by atoms with Crippen molar-refractivity contribution in [2.24, 2.45) is 0 Å². The molecule has 4 nitrogen and oxygen atoms in total. The molecule has 4 heteroatoms. The summed E-state index contributed by atoms with van der Waals surface area (Å²) in [7, 11) is 1.51. The first-order valence-corrected chi connectivity index (χ1v) is 4.87. The molecular formula is C11H17NO3. The van der Waals surface area contributed by atoms with Crippen molar-refractivity contribution >= 4 is 5.91 Å². The molecule has 1 heterocycles. The zero-order valence-corrected chi connectivity index (χ0v) is 9.53. The number of carbonyl (C=O) groups excluding carboxylic acids is 1. The van der Waals surface area contributed by atoms with Crippen LogP contribution in [0.3, 0.4) is 0 Å². The molecule has 0 aliphatic carbocycles. The number of furan rings is 1. The number of hydrogen-bond donors (Lipinski definition) is 1. The number of nitrogens with one attached hydrogen (secondary N) is 1.